The third-order valence-corrected chi connectivity index (χ3v) is 3.93. The molecule has 1 aromatic heterocycles. The molecule has 7 nitrogen and oxygen atoms in total. The Balaban J connectivity index is 1.89. The summed E-state index contributed by atoms with van der Waals surface area (Å²) >= 11 is 0. The smallest absolute Gasteiger partial charge is 0.238 e. The van der Waals surface area contributed by atoms with E-state index in [0.29, 0.717) is 17.2 Å². The summed E-state index contributed by atoms with van der Waals surface area (Å²) in [4.78, 5) is 8.46. The Kier molecular flexibility index (Phi) is 3.39. The fourth-order valence-corrected chi connectivity index (χ4v) is 2.44. The Hall–Kier alpha value is -2.71. The van der Waals surface area contributed by atoms with E-state index in [1.54, 1.807) is 30.5 Å². The van der Waals surface area contributed by atoms with Crippen LogP contribution in [0.1, 0.15) is 0 Å². The third-order valence-electron chi connectivity index (χ3n) is 3.01. The molecule has 0 saturated carbocycles. The highest BCUT2D eigenvalue weighted by Crippen LogP contribution is 2.20. The molecule has 2 aromatic carbocycles. The summed E-state index contributed by atoms with van der Waals surface area (Å²) in [5.74, 6) is 0.455. The molecule has 0 aliphatic carbocycles. The third kappa shape index (κ3) is 2.97. The van der Waals surface area contributed by atoms with E-state index in [2.05, 4.69) is 15.3 Å². The fraction of sp³-hybridized carbons (Fsp3) is 0. The van der Waals surface area contributed by atoms with Crippen LogP contribution < -0.4 is 10.5 Å². The monoisotopic (exact) mass is 316 g/mol. The van der Waals surface area contributed by atoms with Crippen LogP contribution in [0.25, 0.3) is 10.9 Å². The number of aromatic hydroxyl groups is 1. The number of anilines is 2. The lowest BCUT2D eigenvalue weighted by molar-refractivity contribution is 0.476. The zero-order chi connectivity index (χ0) is 15.7. The molecule has 0 saturated heterocycles. The normalized spacial score (nSPS) is 11.5. The largest absolute Gasteiger partial charge is 0.508 e. The van der Waals surface area contributed by atoms with Crippen molar-refractivity contribution in [1.29, 1.82) is 0 Å². The number of aromatic nitrogens is 2. The van der Waals surface area contributed by atoms with Gasteiger partial charge in [0.2, 0.25) is 16.0 Å². The van der Waals surface area contributed by atoms with Crippen molar-refractivity contribution in [3.05, 3.63) is 48.7 Å². The highest BCUT2D eigenvalue weighted by Gasteiger charge is 2.07. The van der Waals surface area contributed by atoms with Gasteiger partial charge in [-0.1, -0.05) is 0 Å². The van der Waals surface area contributed by atoms with E-state index in [1.165, 1.54) is 18.2 Å². The molecule has 0 amide bonds. The molecule has 112 valence electrons. The topological polar surface area (TPSA) is 118 Å². The minimum Gasteiger partial charge on any atom is -0.508 e. The number of phenolic OH excluding ortho intramolecular Hbond substituents is 1. The Morgan fingerprint density at radius 3 is 2.50 bits per heavy atom. The zero-order valence-electron chi connectivity index (χ0n) is 11.3. The minimum absolute atomic E-state index is 0.0300. The Bertz CT molecular complexity index is 940. The van der Waals surface area contributed by atoms with Crippen molar-refractivity contribution in [2.75, 3.05) is 5.32 Å². The van der Waals surface area contributed by atoms with Crippen molar-refractivity contribution >= 4 is 32.6 Å². The number of fused-ring (bicyclic) bond motifs is 1. The number of benzene rings is 2. The van der Waals surface area contributed by atoms with Crippen molar-refractivity contribution in [3.63, 3.8) is 0 Å². The highest BCUT2D eigenvalue weighted by atomic mass is 32.2. The summed E-state index contributed by atoms with van der Waals surface area (Å²) in [5.41, 5.74) is 1.21. The van der Waals surface area contributed by atoms with Crippen LogP contribution in [-0.4, -0.2) is 23.5 Å². The van der Waals surface area contributed by atoms with Crippen LogP contribution in [0.4, 0.5) is 11.6 Å². The number of nitrogens with one attached hydrogen (secondary N) is 1. The molecule has 0 bridgehead atoms. The van der Waals surface area contributed by atoms with E-state index in [9.17, 15) is 13.5 Å². The fourth-order valence-electron chi connectivity index (χ4n) is 1.93. The summed E-state index contributed by atoms with van der Waals surface area (Å²) in [7, 11) is -3.71. The van der Waals surface area contributed by atoms with Gasteiger partial charge in [0.05, 0.1) is 10.4 Å². The van der Waals surface area contributed by atoms with Gasteiger partial charge in [-0.05, 0) is 36.4 Å². The summed E-state index contributed by atoms with van der Waals surface area (Å²) in [6.45, 7) is 0. The van der Waals surface area contributed by atoms with Crippen molar-refractivity contribution in [2.45, 2.75) is 4.90 Å². The van der Waals surface area contributed by atoms with Gasteiger partial charge in [-0.3, -0.25) is 0 Å². The highest BCUT2D eigenvalue weighted by molar-refractivity contribution is 7.89. The second kappa shape index (κ2) is 5.24. The van der Waals surface area contributed by atoms with Gasteiger partial charge in [0.25, 0.3) is 0 Å². The van der Waals surface area contributed by atoms with Gasteiger partial charge in [-0.25, -0.2) is 23.5 Å². The minimum atomic E-state index is -3.71. The van der Waals surface area contributed by atoms with Crippen LogP contribution >= 0.6 is 0 Å². The van der Waals surface area contributed by atoms with Gasteiger partial charge in [0, 0.05) is 23.3 Å². The van der Waals surface area contributed by atoms with E-state index in [4.69, 9.17) is 5.14 Å². The molecule has 0 aliphatic rings. The van der Waals surface area contributed by atoms with Gasteiger partial charge >= 0.3 is 0 Å². The lowest BCUT2D eigenvalue weighted by atomic mass is 10.2. The van der Waals surface area contributed by atoms with Crippen molar-refractivity contribution in [3.8, 4) is 5.75 Å². The second-order valence-electron chi connectivity index (χ2n) is 4.63. The van der Waals surface area contributed by atoms with E-state index < -0.39 is 10.0 Å². The molecule has 0 atom stereocenters. The van der Waals surface area contributed by atoms with Gasteiger partial charge in [-0.2, -0.15) is 0 Å². The molecule has 1 heterocycles. The maximum atomic E-state index is 11.2. The van der Waals surface area contributed by atoms with Crippen LogP contribution in [0, 0.1) is 0 Å². The predicted octanol–water partition coefficient (Wildman–Crippen LogP) is 1.73. The van der Waals surface area contributed by atoms with Crippen molar-refractivity contribution in [1.82, 2.24) is 9.97 Å². The summed E-state index contributed by atoms with van der Waals surface area (Å²) < 4.78 is 22.4. The molecule has 8 heteroatoms. The second-order valence-corrected chi connectivity index (χ2v) is 6.19. The molecule has 0 unspecified atom stereocenters. The van der Waals surface area contributed by atoms with Crippen LogP contribution in [0.2, 0.25) is 0 Å². The Morgan fingerprint density at radius 2 is 1.82 bits per heavy atom. The number of nitrogens with two attached hydrogens (primary N) is 1. The molecule has 22 heavy (non-hydrogen) atoms. The average Bonchev–Trinajstić information content (AvgIpc) is 2.46. The summed E-state index contributed by atoms with van der Waals surface area (Å²) in [6.07, 6.45) is 1.63. The van der Waals surface area contributed by atoms with E-state index in [1.807, 2.05) is 0 Å². The van der Waals surface area contributed by atoms with Gasteiger partial charge in [-0.15, -0.1) is 0 Å². The molecule has 3 rings (SSSR count). The molecule has 0 aliphatic heterocycles. The number of sulfonamides is 1. The zero-order valence-corrected chi connectivity index (χ0v) is 12.1. The van der Waals surface area contributed by atoms with E-state index >= 15 is 0 Å². The average molecular weight is 316 g/mol. The molecular weight excluding hydrogens is 304 g/mol. The first-order valence-electron chi connectivity index (χ1n) is 6.27. The number of phenols is 1. The number of primary sulfonamides is 1. The quantitative estimate of drug-likeness (QED) is 0.677. The van der Waals surface area contributed by atoms with Crippen LogP contribution in [-0.2, 0) is 10.0 Å². The SMILES string of the molecule is NS(=O)(=O)c1ccc(Nc2ncc3ccc(O)cc3n2)cc1. The molecule has 0 radical (unpaired) electrons. The lowest BCUT2D eigenvalue weighted by Crippen LogP contribution is -2.11. The van der Waals surface area contributed by atoms with Crippen LogP contribution in [0.5, 0.6) is 5.75 Å². The molecule has 3 aromatic rings. The first-order valence-corrected chi connectivity index (χ1v) is 7.82. The number of hydrogen-bond donors (Lipinski definition) is 3. The first-order chi connectivity index (χ1) is 10.4. The lowest BCUT2D eigenvalue weighted by Gasteiger charge is -2.06. The van der Waals surface area contributed by atoms with Crippen molar-refractivity contribution in [2.24, 2.45) is 5.14 Å². The van der Waals surface area contributed by atoms with Crippen LogP contribution in [0.3, 0.4) is 0 Å². The number of nitrogens with zero attached hydrogens (tertiary/aromatic N) is 2. The first kappa shape index (κ1) is 14.2. The number of rotatable bonds is 3. The Morgan fingerprint density at radius 1 is 1.09 bits per heavy atom. The van der Waals surface area contributed by atoms with Gasteiger partial charge < -0.3 is 10.4 Å². The summed E-state index contributed by atoms with van der Waals surface area (Å²) in [5, 5.41) is 18.3. The number of hydrogen-bond acceptors (Lipinski definition) is 6. The van der Waals surface area contributed by atoms with E-state index in [0.717, 1.165) is 5.39 Å². The van der Waals surface area contributed by atoms with E-state index in [-0.39, 0.29) is 10.6 Å². The summed E-state index contributed by atoms with van der Waals surface area (Å²) in [6, 6.07) is 10.7. The Labute approximate surface area is 126 Å². The molecular formula is C14H12N4O3S. The van der Waals surface area contributed by atoms with Crippen molar-refractivity contribution < 1.29 is 13.5 Å². The maximum absolute atomic E-state index is 11.2. The molecule has 4 N–H and O–H groups in total. The van der Waals surface area contributed by atoms with Gasteiger partial charge in [0.1, 0.15) is 5.75 Å². The molecule has 0 fully saturated rings. The predicted molar refractivity (Wildman–Crippen MR) is 82.3 cm³/mol. The van der Waals surface area contributed by atoms with Crippen LogP contribution in [0.15, 0.2) is 53.6 Å². The van der Waals surface area contributed by atoms with Gasteiger partial charge in [0.15, 0.2) is 0 Å². The molecule has 0 spiro atoms. The maximum Gasteiger partial charge on any atom is 0.238 e. The standard InChI is InChI=1S/C14H12N4O3S/c15-22(20,21)12-5-2-10(3-6-12)17-14-16-8-9-1-4-11(19)7-13(9)18-14/h1-8,19H,(H2,15,20,21)(H,16,17,18).